The molecule has 0 aliphatic carbocycles. The number of rotatable bonds is 5. The predicted molar refractivity (Wildman–Crippen MR) is 116 cm³/mol. The topological polar surface area (TPSA) is 120 Å². The van der Waals surface area contributed by atoms with Crippen LogP contribution in [0.1, 0.15) is 47.3 Å². The highest BCUT2D eigenvalue weighted by atomic mass is 16.7. The minimum Gasteiger partial charge on any atom is -0.444 e. The van der Waals surface area contributed by atoms with Crippen LogP contribution in [0.2, 0.25) is 0 Å². The van der Waals surface area contributed by atoms with Gasteiger partial charge < -0.3 is 19.5 Å². The molecule has 10 nitrogen and oxygen atoms in total. The number of imide groups is 1. The van der Waals surface area contributed by atoms with Gasteiger partial charge in [-0.05, 0) is 45.0 Å². The molecule has 1 N–H and O–H groups in total. The van der Waals surface area contributed by atoms with Crippen molar-refractivity contribution in [3.8, 4) is 0 Å². The third-order valence-corrected chi connectivity index (χ3v) is 4.76. The van der Waals surface area contributed by atoms with Crippen molar-refractivity contribution in [1.82, 2.24) is 19.9 Å². The second-order valence-corrected chi connectivity index (χ2v) is 8.37. The molecule has 2 heterocycles. The zero-order chi connectivity index (χ0) is 23.8. The zero-order valence-electron chi connectivity index (χ0n) is 18.3. The first-order chi connectivity index (χ1) is 15.6. The molecule has 1 aliphatic heterocycles. The normalized spacial score (nSPS) is 13.2. The Hall–Kier alpha value is -4.21. The zero-order valence-corrected chi connectivity index (χ0v) is 18.3. The smallest absolute Gasteiger partial charge is 0.408 e. The highest BCUT2D eigenvalue weighted by molar-refractivity contribution is 6.20. The van der Waals surface area contributed by atoms with Gasteiger partial charge in [0.25, 0.3) is 11.8 Å². The molecule has 1 aliphatic rings. The van der Waals surface area contributed by atoms with E-state index >= 15 is 0 Å². The fraction of sp³-hybridized carbons (Fsp3) is 0.261. The quantitative estimate of drug-likeness (QED) is 0.594. The highest BCUT2D eigenvalue weighted by Crippen LogP contribution is 2.23. The monoisotopic (exact) mass is 450 g/mol. The summed E-state index contributed by atoms with van der Waals surface area (Å²) in [5.74, 6) is -1.87. The van der Waals surface area contributed by atoms with Gasteiger partial charge in [-0.3, -0.25) is 9.59 Å². The molecule has 0 spiro atoms. The van der Waals surface area contributed by atoms with E-state index in [2.05, 4.69) is 10.3 Å². The number of ether oxygens (including phenoxy) is 1. The Morgan fingerprint density at radius 2 is 1.58 bits per heavy atom. The van der Waals surface area contributed by atoms with E-state index in [1.807, 2.05) is 0 Å². The number of hydrogen-bond acceptors (Lipinski definition) is 7. The number of benzene rings is 2. The van der Waals surface area contributed by atoms with Gasteiger partial charge in [0, 0.05) is 0 Å². The van der Waals surface area contributed by atoms with Crippen LogP contribution < -0.4 is 5.32 Å². The Morgan fingerprint density at radius 1 is 0.970 bits per heavy atom. The lowest BCUT2D eigenvalue weighted by molar-refractivity contribution is -0.169. The largest absolute Gasteiger partial charge is 0.444 e. The Balaban J connectivity index is 1.51. The molecule has 0 radical (unpaired) electrons. The minimum atomic E-state index is -0.842. The third kappa shape index (κ3) is 4.54. The van der Waals surface area contributed by atoms with Crippen molar-refractivity contribution < 1.29 is 28.8 Å². The van der Waals surface area contributed by atoms with Crippen LogP contribution in [-0.4, -0.2) is 44.1 Å². The first kappa shape index (κ1) is 22.0. The molecule has 170 valence electrons. The molecule has 4 rings (SSSR count). The fourth-order valence-electron chi connectivity index (χ4n) is 3.41. The van der Waals surface area contributed by atoms with Gasteiger partial charge in [-0.1, -0.05) is 29.3 Å². The lowest BCUT2D eigenvalue weighted by Crippen LogP contribution is -2.35. The van der Waals surface area contributed by atoms with Gasteiger partial charge in [0.1, 0.15) is 18.0 Å². The standard InChI is InChI=1S/C23H22N4O6/c1-23(2,3)32-22(31)24-12-18-25-16-10-6-7-11-17(16)26(18)13-19(28)33-27-20(29)14-8-4-5-9-15(14)21(27)30/h4-11H,12-13H2,1-3H3,(H,24,31). The van der Waals surface area contributed by atoms with E-state index < -0.39 is 29.5 Å². The second-order valence-electron chi connectivity index (χ2n) is 8.37. The highest BCUT2D eigenvalue weighted by Gasteiger charge is 2.38. The van der Waals surface area contributed by atoms with Gasteiger partial charge in [0.15, 0.2) is 0 Å². The number of nitrogens with zero attached hydrogens (tertiary/aromatic N) is 3. The number of aromatic nitrogens is 2. The SMILES string of the molecule is CC(C)(C)OC(=O)NCc1nc2ccccc2n1CC(=O)ON1C(=O)c2ccccc2C1=O. The summed E-state index contributed by atoms with van der Waals surface area (Å²) in [7, 11) is 0. The average Bonchev–Trinajstić information content (AvgIpc) is 3.22. The van der Waals surface area contributed by atoms with Crippen LogP contribution in [0.25, 0.3) is 11.0 Å². The van der Waals surface area contributed by atoms with E-state index in [0.29, 0.717) is 21.9 Å². The van der Waals surface area contributed by atoms with Crippen molar-refractivity contribution in [1.29, 1.82) is 0 Å². The molecule has 3 amide bonds. The van der Waals surface area contributed by atoms with Gasteiger partial charge in [-0.2, -0.15) is 0 Å². The maximum Gasteiger partial charge on any atom is 0.408 e. The summed E-state index contributed by atoms with van der Waals surface area (Å²) in [6.07, 6.45) is -0.630. The molecular formula is C23H22N4O6. The predicted octanol–water partition coefficient (Wildman–Crippen LogP) is 2.82. The number of imidazole rings is 1. The van der Waals surface area contributed by atoms with E-state index in [-0.39, 0.29) is 24.2 Å². The number of hydrogen-bond donors (Lipinski definition) is 1. The molecule has 0 bridgehead atoms. The number of carbonyl (C=O) groups is 4. The number of fused-ring (bicyclic) bond motifs is 2. The maximum atomic E-state index is 12.7. The number of nitrogens with one attached hydrogen (secondary N) is 1. The van der Waals surface area contributed by atoms with Gasteiger partial charge >= 0.3 is 12.1 Å². The Labute approximate surface area is 189 Å². The van der Waals surface area contributed by atoms with E-state index in [1.54, 1.807) is 61.7 Å². The Bertz CT molecular complexity index is 1240. The van der Waals surface area contributed by atoms with E-state index in [1.165, 1.54) is 12.1 Å². The Kier molecular flexibility index (Phi) is 5.59. The second kappa shape index (κ2) is 8.38. The molecule has 0 unspecified atom stereocenters. The van der Waals surface area contributed by atoms with E-state index in [9.17, 15) is 19.2 Å². The minimum absolute atomic E-state index is 0.0100. The van der Waals surface area contributed by atoms with Crippen molar-refractivity contribution in [2.24, 2.45) is 0 Å². The molecule has 0 saturated carbocycles. The molecular weight excluding hydrogens is 428 g/mol. The molecule has 0 saturated heterocycles. The summed E-state index contributed by atoms with van der Waals surface area (Å²) in [4.78, 5) is 59.3. The van der Waals surface area contributed by atoms with Crippen molar-refractivity contribution in [2.45, 2.75) is 39.5 Å². The number of carbonyl (C=O) groups excluding carboxylic acids is 4. The van der Waals surface area contributed by atoms with Gasteiger partial charge in [0.2, 0.25) is 0 Å². The first-order valence-corrected chi connectivity index (χ1v) is 10.2. The number of alkyl carbamates (subject to hydrolysis) is 1. The van der Waals surface area contributed by atoms with Crippen LogP contribution in [0.4, 0.5) is 4.79 Å². The number of para-hydroxylation sites is 2. The lowest BCUT2D eigenvalue weighted by Gasteiger charge is -2.19. The molecule has 1 aromatic heterocycles. The van der Waals surface area contributed by atoms with Gasteiger partial charge in [-0.25, -0.2) is 14.6 Å². The molecule has 0 atom stereocenters. The van der Waals surface area contributed by atoms with Crippen LogP contribution in [0.3, 0.4) is 0 Å². The fourth-order valence-corrected chi connectivity index (χ4v) is 3.41. The van der Waals surface area contributed by atoms with Crippen LogP contribution in [-0.2, 0) is 27.5 Å². The third-order valence-electron chi connectivity index (χ3n) is 4.76. The molecule has 2 aromatic carbocycles. The van der Waals surface area contributed by atoms with Gasteiger partial charge in [0.05, 0.1) is 28.7 Å². The summed E-state index contributed by atoms with van der Waals surface area (Å²) in [6, 6.07) is 13.3. The first-order valence-electron chi connectivity index (χ1n) is 10.2. The number of amides is 3. The Morgan fingerprint density at radius 3 is 2.21 bits per heavy atom. The lowest BCUT2D eigenvalue weighted by atomic mass is 10.1. The van der Waals surface area contributed by atoms with Crippen molar-refractivity contribution in [2.75, 3.05) is 0 Å². The van der Waals surface area contributed by atoms with Crippen molar-refractivity contribution >= 4 is 34.9 Å². The van der Waals surface area contributed by atoms with Crippen LogP contribution in [0.15, 0.2) is 48.5 Å². The average molecular weight is 450 g/mol. The number of hydroxylamine groups is 2. The summed E-state index contributed by atoms with van der Waals surface area (Å²) in [5, 5.41) is 3.08. The molecule has 0 fully saturated rings. The van der Waals surface area contributed by atoms with Crippen LogP contribution >= 0.6 is 0 Å². The van der Waals surface area contributed by atoms with Crippen LogP contribution in [0, 0.1) is 0 Å². The summed E-state index contributed by atoms with van der Waals surface area (Å²) >= 11 is 0. The van der Waals surface area contributed by atoms with Crippen molar-refractivity contribution in [3.05, 3.63) is 65.5 Å². The molecule has 10 heteroatoms. The van der Waals surface area contributed by atoms with Crippen LogP contribution in [0.5, 0.6) is 0 Å². The molecule has 3 aromatic rings. The van der Waals surface area contributed by atoms with E-state index in [0.717, 1.165) is 0 Å². The summed E-state index contributed by atoms with van der Waals surface area (Å²) < 4.78 is 6.79. The maximum absolute atomic E-state index is 12.7. The van der Waals surface area contributed by atoms with Gasteiger partial charge in [-0.15, -0.1) is 0 Å². The van der Waals surface area contributed by atoms with E-state index in [4.69, 9.17) is 9.57 Å². The summed E-state index contributed by atoms with van der Waals surface area (Å²) in [5.41, 5.74) is 0.904. The molecule has 33 heavy (non-hydrogen) atoms. The van der Waals surface area contributed by atoms with Crippen molar-refractivity contribution in [3.63, 3.8) is 0 Å². The summed E-state index contributed by atoms with van der Waals surface area (Å²) in [6.45, 7) is 4.90.